The van der Waals surface area contributed by atoms with E-state index in [-0.39, 0.29) is 5.82 Å². The van der Waals surface area contributed by atoms with Crippen LogP contribution in [0.3, 0.4) is 0 Å². The third kappa shape index (κ3) is 4.53. The summed E-state index contributed by atoms with van der Waals surface area (Å²) in [5, 5.41) is 0.613. The van der Waals surface area contributed by atoms with Crippen LogP contribution in [0.2, 0.25) is 0 Å². The van der Waals surface area contributed by atoms with E-state index >= 15 is 0 Å². The number of aromatic nitrogens is 1. The number of nitrogens with two attached hydrogens (primary N) is 2. The summed E-state index contributed by atoms with van der Waals surface area (Å²) in [5.74, 6) is -1.45. The largest absolute Gasteiger partial charge is 0.493 e. The monoisotopic (exact) mass is 473 g/mol. The second-order valence-corrected chi connectivity index (χ2v) is 7.75. The van der Waals surface area contributed by atoms with Crippen molar-refractivity contribution in [2.24, 2.45) is 11.5 Å². The first-order valence-electron chi connectivity index (χ1n) is 10.2. The zero-order valence-corrected chi connectivity index (χ0v) is 18.3. The van der Waals surface area contributed by atoms with Crippen LogP contribution in [-0.2, 0) is 9.63 Å². The van der Waals surface area contributed by atoms with Gasteiger partial charge in [0, 0.05) is 11.1 Å². The lowest BCUT2D eigenvalue weighted by molar-refractivity contribution is -0.204. The van der Waals surface area contributed by atoms with Crippen molar-refractivity contribution < 1.29 is 27.5 Å². The van der Waals surface area contributed by atoms with Gasteiger partial charge in [-0.3, -0.25) is 10.6 Å². The van der Waals surface area contributed by atoms with E-state index in [0.29, 0.717) is 33.4 Å². The van der Waals surface area contributed by atoms with Crippen molar-refractivity contribution in [1.29, 1.82) is 0 Å². The molecule has 1 aliphatic heterocycles. The van der Waals surface area contributed by atoms with E-state index in [9.17, 15) is 18.0 Å². The standard InChI is InChI=1S/C23H22F3N5O3/c1-13-7-9-14(10-8-13)33-18-6-4-3-5-15(18)17-12-11-16-19(27)30(2)22(28)31(20(16)29-17)34-21(32)23(24,25)26/h3-12,19,22H,27-28H2,1-2H3. The normalized spacial score (nSPS) is 18.4. The van der Waals surface area contributed by atoms with Crippen molar-refractivity contribution in [3.8, 4) is 22.8 Å². The number of aryl methyl sites for hydroxylation is 1. The molecule has 0 radical (unpaired) electrons. The Kier molecular flexibility index (Phi) is 6.17. The fourth-order valence-electron chi connectivity index (χ4n) is 3.43. The molecule has 0 spiro atoms. The Labute approximate surface area is 193 Å². The second kappa shape index (κ2) is 8.93. The SMILES string of the molecule is Cc1ccc(Oc2ccccc2-c2ccc3c(n2)N(OC(=O)C(F)(F)F)C(N)N(C)C3N)cc1. The first-order valence-corrected chi connectivity index (χ1v) is 10.2. The number of hydrogen-bond acceptors (Lipinski definition) is 8. The van der Waals surface area contributed by atoms with Crippen LogP contribution in [-0.4, -0.2) is 35.4 Å². The predicted octanol–water partition coefficient (Wildman–Crippen LogP) is 3.82. The maximum atomic E-state index is 12.9. The Morgan fingerprint density at radius 2 is 1.71 bits per heavy atom. The van der Waals surface area contributed by atoms with Gasteiger partial charge >= 0.3 is 12.1 Å². The van der Waals surface area contributed by atoms with Crippen LogP contribution in [0.4, 0.5) is 19.0 Å². The van der Waals surface area contributed by atoms with Crippen LogP contribution in [0.1, 0.15) is 17.3 Å². The van der Waals surface area contributed by atoms with Crippen LogP contribution in [0.25, 0.3) is 11.3 Å². The smallest absolute Gasteiger partial charge is 0.457 e. The third-order valence-electron chi connectivity index (χ3n) is 5.35. The molecule has 0 bridgehead atoms. The highest BCUT2D eigenvalue weighted by molar-refractivity contribution is 5.77. The average Bonchev–Trinajstić information content (AvgIpc) is 2.81. The number of anilines is 1. The highest BCUT2D eigenvalue weighted by Gasteiger charge is 2.46. The average molecular weight is 473 g/mol. The quantitative estimate of drug-likeness (QED) is 0.589. The fraction of sp³-hybridized carbons (Fsp3) is 0.217. The molecule has 3 aromatic rings. The van der Waals surface area contributed by atoms with Crippen molar-refractivity contribution in [2.45, 2.75) is 25.6 Å². The Balaban J connectivity index is 1.75. The number of hydrogen-bond donors (Lipinski definition) is 2. The number of fused-ring (bicyclic) bond motifs is 1. The van der Waals surface area contributed by atoms with Gasteiger partial charge in [0.15, 0.2) is 12.1 Å². The molecule has 4 rings (SSSR count). The number of carbonyl (C=O) groups is 1. The van der Waals surface area contributed by atoms with Gasteiger partial charge in [-0.25, -0.2) is 9.78 Å². The molecule has 2 unspecified atom stereocenters. The number of ether oxygens (including phenoxy) is 1. The Hall–Kier alpha value is -3.67. The maximum Gasteiger partial charge on any atom is 0.493 e. The van der Waals surface area contributed by atoms with Gasteiger partial charge in [-0.15, -0.1) is 0 Å². The molecule has 8 nitrogen and oxygen atoms in total. The lowest BCUT2D eigenvalue weighted by Gasteiger charge is -2.42. The van der Waals surface area contributed by atoms with Gasteiger partial charge in [-0.05, 0) is 44.3 Å². The summed E-state index contributed by atoms with van der Waals surface area (Å²) in [6.45, 7) is 1.96. The van der Waals surface area contributed by atoms with E-state index in [1.165, 1.54) is 11.9 Å². The van der Waals surface area contributed by atoms with Gasteiger partial charge in [-0.2, -0.15) is 18.2 Å². The highest BCUT2D eigenvalue weighted by atomic mass is 19.4. The molecule has 0 saturated heterocycles. The lowest BCUT2D eigenvalue weighted by Crippen LogP contribution is -2.60. The van der Waals surface area contributed by atoms with E-state index < -0.39 is 24.6 Å². The van der Waals surface area contributed by atoms with E-state index in [1.807, 2.05) is 31.2 Å². The fourth-order valence-corrected chi connectivity index (χ4v) is 3.43. The topological polar surface area (TPSA) is 107 Å². The van der Waals surface area contributed by atoms with Crippen LogP contribution < -0.4 is 21.3 Å². The second-order valence-electron chi connectivity index (χ2n) is 7.75. The number of halogens is 3. The summed E-state index contributed by atoms with van der Waals surface area (Å²) in [6, 6.07) is 17.7. The van der Waals surface area contributed by atoms with Gasteiger partial charge in [0.25, 0.3) is 0 Å². The minimum Gasteiger partial charge on any atom is -0.457 e. The molecule has 2 heterocycles. The highest BCUT2D eigenvalue weighted by Crippen LogP contribution is 2.38. The molecule has 0 saturated carbocycles. The van der Waals surface area contributed by atoms with Gasteiger partial charge in [-0.1, -0.05) is 35.9 Å². The molecule has 34 heavy (non-hydrogen) atoms. The van der Waals surface area contributed by atoms with E-state index in [4.69, 9.17) is 16.2 Å². The van der Waals surface area contributed by atoms with Gasteiger partial charge in [0.05, 0.1) is 11.9 Å². The minimum absolute atomic E-state index is 0.0988. The molecular weight excluding hydrogens is 451 g/mol. The molecule has 0 amide bonds. The van der Waals surface area contributed by atoms with E-state index in [1.54, 1.807) is 36.4 Å². The minimum atomic E-state index is -5.22. The summed E-state index contributed by atoms with van der Waals surface area (Å²) in [6.07, 6.45) is -7.30. The lowest BCUT2D eigenvalue weighted by atomic mass is 10.1. The molecule has 178 valence electrons. The molecule has 4 N–H and O–H groups in total. The molecular formula is C23H22F3N5O3. The third-order valence-corrected chi connectivity index (χ3v) is 5.35. The number of benzene rings is 2. The van der Waals surface area contributed by atoms with Crippen molar-refractivity contribution in [2.75, 3.05) is 12.1 Å². The van der Waals surface area contributed by atoms with Gasteiger partial charge in [0.1, 0.15) is 11.5 Å². The van der Waals surface area contributed by atoms with Crippen molar-refractivity contribution in [3.05, 3.63) is 71.8 Å². The molecule has 11 heteroatoms. The maximum absolute atomic E-state index is 12.9. The molecule has 0 fully saturated rings. The summed E-state index contributed by atoms with van der Waals surface area (Å²) in [4.78, 5) is 22.0. The molecule has 2 aromatic carbocycles. The van der Waals surface area contributed by atoms with Crippen molar-refractivity contribution in [1.82, 2.24) is 9.88 Å². The first kappa shape index (κ1) is 23.5. The number of nitrogens with zero attached hydrogens (tertiary/aromatic N) is 3. The number of pyridine rings is 1. The van der Waals surface area contributed by atoms with Crippen molar-refractivity contribution >= 4 is 11.8 Å². The summed E-state index contributed by atoms with van der Waals surface area (Å²) < 4.78 is 44.7. The summed E-state index contributed by atoms with van der Waals surface area (Å²) >= 11 is 0. The van der Waals surface area contributed by atoms with Crippen LogP contribution >= 0.6 is 0 Å². The number of hydroxylamine groups is 1. The van der Waals surface area contributed by atoms with Crippen molar-refractivity contribution in [3.63, 3.8) is 0 Å². The summed E-state index contributed by atoms with van der Waals surface area (Å²) in [7, 11) is 1.49. The molecule has 1 aromatic heterocycles. The zero-order chi connectivity index (χ0) is 24.6. The Bertz CT molecular complexity index is 1200. The predicted molar refractivity (Wildman–Crippen MR) is 118 cm³/mol. The van der Waals surface area contributed by atoms with Crippen LogP contribution in [0.15, 0.2) is 60.7 Å². The number of carbonyl (C=O) groups excluding carboxylic acids is 1. The number of alkyl halides is 3. The van der Waals surface area contributed by atoms with E-state index in [0.717, 1.165) is 5.56 Å². The zero-order valence-electron chi connectivity index (χ0n) is 18.3. The van der Waals surface area contributed by atoms with Crippen LogP contribution in [0, 0.1) is 6.92 Å². The Morgan fingerprint density at radius 3 is 2.38 bits per heavy atom. The molecule has 1 aliphatic rings. The number of rotatable bonds is 4. The summed E-state index contributed by atoms with van der Waals surface area (Å²) in [5.41, 5.74) is 14.5. The van der Waals surface area contributed by atoms with E-state index in [2.05, 4.69) is 9.82 Å². The first-order chi connectivity index (χ1) is 16.1. The van der Waals surface area contributed by atoms with Gasteiger partial charge < -0.3 is 15.3 Å². The Morgan fingerprint density at radius 1 is 1.03 bits per heavy atom. The molecule has 0 aliphatic carbocycles. The molecule has 2 atom stereocenters. The number of para-hydroxylation sites is 1. The van der Waals surface area contributed by atoms with Crippen LogP contribution in [0.5, 0.6) is 11.5 Å². The van der Waals surface area contributed by atoms with Gasteiger partial charge in [0.2, 0.25) is 0 Å².